The second-order valence-electron chi connectivity index (χ2n) is 4.19. The largest absolute Gasteiger partial charge is 0.294 e. The molecule has 92 valence electrons. The topological polar surface area (TPSA) is 17.1 Å². The molecule has 0 saturated carbocycles. The van der Waals surface area contributed by atoms with Crippen LogP contribution in [0.3, 0.4) is 0 Å². The zero-order chi connectivity index (χ0) is 13.1. The van der Waals surface area contributed by atoms with E-state index in [1.807, 2.05) is 49.4 Å². The van der Waals surface area contributed by atoms with Crippen molar-refractivity contribution in [2.45, 2.75) is 13.3 Å². The van der Waals surface area contributed by atoms with Crippen molar-refractivity contribution in [3.05, 3.63) is 68.1 Å². The Balaban J connectivity index is 2.21. The van der Waals surface area contributed by atoms with Crippen molar-refractivity contribution >= 4 is 37.6 Å². The molecule has 0 spiro atoms. The molecule has 0 aromatic heterocycles. The molecule has 1 nitrogen and oxygen atoms in total. The molecule has 0 aliphatic rings. The van der Waals surface area contributed by atoms with Crippen LogP contribution >= 0.6 is 31.9 Å². The third-order valence-electron chi connectivity index (χ3n) is 2.78. The zero-order valence-electron chi connectivity index (χ0n) is 9.91. The second-order valence-corrected chi connectivity index (χ2v) is 6.02. The Morgan fingerprint density at radius 1 is 1.00 bits per heavy atom. The highest BCUT2D eigenvalue weighted by molar-refractivity contribution is 9.10. The zero-order valence-corrected chi connectivity index (χ0v) is 13.1. The molecule has 2 aromatic rings. The SMILES string of the molecule is Cc1ccc(Br)cc1C(=O)Cc1ccc(Br)cc1. The van der Waals surface area contributed by atoms with Crippen molar-refractivity contribution in [2.75, 3.05) is 0 Å². The van der Waals surface area contributed by atoms with E-state index in [1.165, 1.54) is 0 Å². The fourth-order valence-corrected chi connectivity index (χ4v) is 2.40. The minimum absolute atomic E-state index is 0.149. The van der Waals surface area contributed by atoms with Crippen LogP contribution in [0.4, 0.5) is 0 Å². The fraction of sp³-hybridized carbons (Fsp3) is 0.133. The standard InChI is InChI=1S/C15H12Br2O/c1-10-2-5-13(17)9-14(10)15(18)8-11-3-6-12(16)7-4-11/h2-7,9H,8H2,1H3. The van der Waals surface area contributed by atoms with E-state index in [2.05, 4.69) is 31.9 Å². The Bertz CT molecular complexity index is 574. The van der Waals surface area contributed by atoms with Crippen LogP contribution in [0.2, 0.25) is 0 Å². The smallest absolute Gasteiger partial charge is 0.167 e. The van der Waals surface area contributed by atoms with Crippen LogP contribution in [0, 0.1) is 6.92 Å². The summed E-state index contributed by atoms with van der Waals surface area (Å²) < 4.78 is 1.96. The Morgan fingerprint density at radius 3 is 2.28 bits per heavy atom. The summed E-state index contributed by atoms with van der Waals surface area (Å²) in [6, 6.07) is 13.6. The summed E-state index contributed by atoms with van der Waals surface area (Å²) >= 11 is 6.79. The van der Waals surface area contributed by atoms with Gasteiger partial charge in [-0.25, -0.2) is 0 Å². The normalized spacial score (nSPS) is 10.4. The molecule has 3 heteroatoms. The number of carbonyl (C=O) groups is 1. The minimum atomic E-state index is 0.149. The third-order valence-corrected chi connectivity index (χ3v) is 3.80. The summed E-state index contributed by atoms with van der Waals surface area (Å²) in [6.45, 7) is 1.96. The van der Waals surface area contributed by atoms with E-state index in [4.69, 9.17) is 0 Å². The number of carbonyl (C=O) groups excluding carboxylic acids is 1. The number of aryl methyl sites for hydroxylation is 1. The van der Waals surface area contributed by atoms with Crippen molar-refractivity contribution in [3.63, 3.8) is 0 Å². The number of halogens is 2. The predicted octanol–water partition coefficient (Wildman–Crippen LogP) is 4.95. The van der Waals surface area contributed by atoms with Crippen molar-refractivity contribution < 1.29 is 4.79 Å². The molecule has 0 unspecified atom stereocenters. The van der Waals surface area contributed by atoms with Crippen LogP contribution in [0.15, 0.2) is 51.4 Å². The van der Waals surface area contributed by atoms with Gasteiger partial charge in [0.15, 0.2) is 5.78 Å². The average Bonchev–Trinajstić information content (AvgIpc) is 2.35. The van der Waals surface area contributed by atoms with Crippen molar-refractivity contribution in [1.82, 2.24) is 0 Å². The summed E-state index contributed by atoms with van der Waals surface area (Å²) in [5, 5.41) is 0. The number of hydrogen-bond acceptors (Lipinski definition) is 1. The van der Waals surface area contributed by atoms with Crippen LogP contribution in [0.1, 0.15) is 21.5 Å². The highest BCUT2D eigenvalue weighted by Gasteiger charge is 2.10. The maximum absolute atomic E-state index is 12.2. The highest BCUT2D eigenvalue weighted by Crippen LogP contribution is 2.19. The fourth-order valence-electron chi connectivity index (χ4n) is 1.78. The first-order valence-corrected chi connectivity index (χ1v) is 7.18. The molecule has 18 heavy (non-hydrogen) atoms. The van der Waals surface area contributed by atoms with E-state index in [-0.39, 0.29) is 5.78 Å². The molecule has 0 saturated heterocycles. The first kappa shape index (κ1) is 13.5. The van der Waals surface area contributed by atoms with Gasteiger partial charge >= 0.3 is 0 Å². The summed E-state index contributed by atoms with van der Waals surface area (Å²) in [6.07, 6.45) is 0.435. The molecule has 0 atom stereocenters. The van der Waals surface area contributed by atoms with Crippen LogP contribution in [-0.2, 0) is 6.42 Å². The van der Waals surface area contributed by atoms with Crippen molar-refractivity contribution in [2.24, 2.45) is 0 Å². The Hall–Kier alpha value is -0.930. The predicted molar refractivity (Wildman–Crippen MR) is 81.1 cm³/mol. The first-order chi connectivity index (χ1) is 8.56. The van der Waals surface area contributed by atoms with Gasteiger partial charge in [-0.05, 0) is 42.3 Å². The van der Waals surface area contributed by atoms with Gasteiger partial charge < -0.3 is 0 Å². The van der Waals surface area contributed by atoms with Gasteiger partial charge in [-0.3, -0.25) is 4.79 Å². The number of ketones is 1. The lowest BCUT2D eigenvalue weighted by atomic mass is 9.99. The second kappa shape index (κ2) is 5.81. The van der Waals surface area contributed by atoms with Crippen LogP contribution in [0.5, 0.6) is 0 Å². The summed E-state index contributed by atoms with van der Waals surface area (Å²) in [5.74, 6) is 0.149. The molecule has 0 heterocycles. The summed E-state index contributed by atoms with van der Waals surface area (Å²) in [7, 11) is 0. The van der Waals surface area contributed by atoms with Gasteiger partial charge in [-0.15, -0.1) is 0 Å². The van der Waals surface area contributed by atoms with Gasteiger partial charge in [-0.1, -0.05) is 50.1 Å². The summed E-state index contributed by atoms with van der Waals surface area (Å²) in [5.41, 5.74) is 2.83. The Kier molecular flexibility index (Phi) is 4.36. The third kappa shape index (κ3) is 3.30. The van der Waals surface area contributed by atoms with E-state index < -0.39 is 0 Å². The van der Waals surface area contributed by atoms with Crippen LogP contribution in [0.25, 0.3) is 0 Å². The lowest BCUT2D eigenvalue weighted by Crippen LogP contribution is -2.05. The number of rotatable bonds is 3. The maximum Gasteiger partial charge on any atom is 0.167 e. The number of Topliss-reactive ketones (excluding diaryl/α,β-unsaturated/α-hetero) is 1. The van der Waals surface area contributed by atoms with Crippen molar-refractivity contribution in [3.8, 4) is 0 Å². The van der Waals surface area contributed by atoms with E-state index in [1.54, 1.807) is 0 Å². The number of benzene rings is 2. The molecular formula is C15H12Br2O. The van der Waals surface area contributed by atoms with Gasteiger partial charge in [0.1, 0.15) is 0 Å². The summed E-state index contributed by atoms with van der Waals surface area (Å²) in [4.78, 5) is 12.2. The molecule has 0 aliphatic heterocycles. The van der Waals surface area contributed by atoms with Gasteiger partial charge in [-0.2, -0.15) is 0 Å². The maximum atomic E-state index is 12.2. The van der Waals surface area contributed by atoms with Crippen LogP contribution in [-0.4, -0.2) is 5.78 Å². The lowest BCUT2D eigenvalue weighted by molar-refractivity contribution is 0.0992. The molecule has 0 radical (unpaired) electrons. The Morgan fingerprint density at radius 2 is 1.61 bits per heavy atom. The lowest BCUT2D eigenvalue weighted by Gasteiger charge is -2.06. The molecule has 0 bridgehead atoms. The highest BCUT2D eigenvalue weighted by atomic mass is 79.9. The quantitative estimate of drug-likeness (QED) is 0.701. The van der Waals surface area contributed by atoms with Gasteiger partial charge in [0.2, 0.25) is 0 Å². The van der Waals surface area contributed by atoms with E-state index >= 15 is 0 Å². The minimum Gasteiger partial charge on any atom is -0.294 e. The average molecular weight is 368 g/mol. The molecule has 0 amide bonds. The Labute approximate surface area is 123 Å². The molecule has 0 fully saturated rings. The molecular weight excluding hydrogens is 356 g/mol. The molecule has 0 N–H and O–H groups in total. The molecule has 2 rings (SSSR count). The van der Waals surface area contributed by atoms with Gasteiger partial charge in [0.25, 0.3) is 0 Å². The van der Waals surface area contributed by atoms with Crippen LogP contribution < -0.4 is 0 Å². The monoisotopic (exact) mass is 366 g/mol. The van der Waals surface area contributed by atoms with Crippen molar-refractivity contribution in [1.29, 1.82) is 0 Å². The van der Waals surface area contributed by atoms with E-state index in [9.17, 15) is 4.79 Å². The first-order valence-electron chi connectivity index (χ1n) is 5.60. The van der Waals surface area contributed by atoms with E-state index in [0.29, 0.717) is 6.42 Å². The molecule has 0 aliphatic carbocycles. The molecule has 2 aromatic carbocycles. The number of hydrogen-bond donors (Lipinski definition) is 0. The van der Waals surface area contributed by atoms with Gasteiger partial charge in [0, 0.05) is 20.9 Å². The van der Waals surface area contributed by atoms with Gasteiger partial charge in [0.05, 0.1) is 0 Å². The van der Waals surface area contributed by atoms with E-state index in [0.717, 1.165) is 25.6 Å².